The third-order valence-corrected chi connectivity index (χ3v) is 3.47. The van der Waals surface area contributed by atoms with Crippen LogP contribution < -0.4 is 5.32 Å². The summed E-state index contributed by atoms with van der Waals surface area (Å²) in [6.07, 6.45) is 1.71. The molecular formula is C11H15N3OS. The van der Waals surface area contributed by atoms with E-state index in [2.05, 4.69) is 22.4 Å². The van der Waals surface area contributed by atoms with E-state index in [0.29, 0.717) is 0 Å². The van der Waals surface area contributed by atoms with Crippen LogP contribution in [-0.4, -0.2) is 10.2 Å². The molecular weight excluding hydrogens is 222 g/mol. The maximum absolute atomic E-state index is 5.36. The fraction of sp³-hybridized carbons (Fsp3) is 0.455. The zero-order chi connectivity index (χ0) is 11.5. The second kappa shape index (κ2) is 4.76. The molecule has 1 atom stereocenters. The number of hydrogen-bond donors (Lipinski definition) is 1. The van der Waals surface area contributed by atoms with Gasteiger partial charge >= 0.3 is 0 Å². The molecule has 0 spiro atoms. The van der Waals surface area contributed by atoms with E-state index in [9.17, 15) is 0 Å². The molecule has 0 aromatic carbocycles. The van der Waals surface area contributed by atoms with Crippen LogP contribution in [0.5, 0.6) is 0 Å². The zero-order valence-electron chi connectivity index (χ0n) is 9.65. The Bertz CT molecular complexity index is 463. The number of nitrogens with one attached hydrogen (secondary N) is 1. The molecule has 0 radical (unpaired) electrons. The molecule has 0 saturated carbocycles. The third kappa shape index (κ3) is 2.48. The molecule has 86 valence electrons. The first-order valence-electron chi connectivity index (χ1n) is 5.23. The van der Waals surface area contributed by atoms with Gasteiger partial charge in [-0.25, -0.2) is 0 Å². The van der Waals surface area contributed by atoms with Gasteiger partial charge in [0.25, 0.3) is 0 Å². The van der Waals surface area contributed by atoms with Gasteiger partial charge in [0.1, 0.15) is 15.8 Å². The summed E-state index contributed by atoms with van der Waals surface area (Å²) in [5.74, 6) is 0.980. The average molecular weight is 237 g/mol. The summed E-state index contributed by atoms with van der Waals surface area (Å²) in [6.45, 7) is 6.81. The minimum atomic E-state index is 0.204. The smallest absolute Gasteiger partial charge is 0.134 e. The Kier molecular flexibility index (Phi) is 3.36. The Morgan fingerprint density at radius 2 is 2.25 bits per heavy atom. The summed E-state index contributed by atoms with van der Waals surface area (Å²) in [5, 5.41) is 13.5. The molecule has 0 aliphatic carbocycles. The molecule has 0 saturated heterocycles. The van der Waals surface area contributed by atoms with Gasteiger partial charge in [0, 0.05) is 0 Å². The predicted molar refractivity (Wildman–Crippen MR) is 63.3 cm³/mol. The number of nitrogens with zero attached hydrogens (tertiary/aromatic N) is 2. The molecule has 1 N–H and O–H groups in total. The lowest BCUT2D eigenvalue weighted by Gasteiger charge is -2.09. The Labute approximate surface area is 98.7 Å². The molecule has 16 heavy (non-hydrogen) atoms. The van der Waals surface area contributed by atoms with Crippen LogP contribution in [0.3, 0.4) is 0 Å². The second-order valence-corrected chi connectivity index (χ2v) is 5.00. The van der Waals surface area contributed by atoms with Crippen molar-refractivity contribution < 1.29 is 4.42 Å². The highest BCUT2D eigenvalue weighted by atomic mass is 32.1. The Morgan fingerprint density at radius 1 is 1.44 bits per heavy atom. The molecule has 2 heterocycles. The molecule has 2 aromatic heterocycles. The first-order chi connectivity index (χ1) is 7.66. The molecule has 0 aliphatic heterocycles. The molecule has 0 aliphatic rings. The lowest BCUT2D eigenvalue weighted by molar-refractivity contribution is 0.456. The lowest BCUT2D eigenvalue weighted by atomic mass is 10.2. The summed E-state index contributed by atoms with van der Waals surface area (Å²) in [6, 6.07) is 2.17. The van der Waals surface area contributed by atoms with E-state index < -0.39 is 0 Å². The number of hydrogen-bond acceptors (Lipinski definition) is 5. The summed E-state index contributed by atoms with van der Waals surface area (Å²) in [7, 11) is 0. The molecule has 0 bridgehead atoms. The summed E-state index contributed by atoms with van der Waals surface area (Å²) < 4.78 is 5.36. The first kappa shape index (κ1) is 11.3. The van der Waals surface area contributed by atoms with Crippen molar-refractivity contribution in [2.75, 3.05) is 0 Å². The molecule has 2 rings (SSSR count). The van der Waals surface area contributed by atoms with E-state index in [0.717, 1.165) is 22.3 Å². The molecule has 2 aromatic rings. The highest BCUT2D eigenvalue weighted by Gasteiger charge is 2.11. The van der Waals surface area contributed by atoms with E-state index >= 15 is 0 Å². The van der Waals surface area contributed by atoms with Crippen LogP contribution in [0, 0.1) is 13.8 Å². The van der Waals surface area contributed by atoms with Crippen LogP contribution in [0.4, 0.5) is 0 Å². The van der Waals surface area contributed by atoms with Gasteiger partial charge in [0.15, 0.2) is 0 Å². The van der Waals surface area contributed by atoms with E-state index in [1.165, 1.54) is 5.56 Å². The minimum Gasteiger partial charge on any atom is -0.468 e. The largest absolute Gasteiger partial charge is 0.468 e. The van der Waals surface area contributed by atoms with Gasteiger partial charge in [0.05, 0.1) is 18.8 Å². The van der Waals surface area contributed by atoms with Gasteiger partial charge < -0.3 is 9.73 Å². The van der Waals surface area contributed by atoms with Crippen molar-refractivity contribution in [1.82, 2.24) is 15.5 Å². The van der Waals surface area contributed by atoms with Gasteiger partial charge in [-0.2, -0.15) is 0 Å². The number of aromatic nitrogens is 2. The van der Waals surface area contributed by atoms with Gasteiger partial charge in [-0.3, -0.25) is 0 Å². The van der Waals surface area contributed by atoms with Crippen LogP contribution in [0.2, 0.25) is 0 Å². The second-order valence-electron chi connectivity index (χ2n) is 3.79. The molecule has 4 nitrogen and oxygen atoms in total. The van der Waals surface area contributed by atoms with Gasteiger partial charge in [-0.15, -0.1) is 21.5 Å². The van der Waals surface area contributed by atoms with Crippen LogP contribution in [0.25, 0.3) is 0 Å². The maximum Gasteiger partial charge on any atom is 0.134 e. The number of furan rings is 1. The van der Waals surface area contributed by atoms with Crippen LogP contribution >= 0.6 is 11.3 Å². The van der Waals surface area contributed by atoms with Gasteiger partial charge in [-0.1, -0.05) is 0 Å². The Balaban J connectivity index is 1.93. The standard InChI is InChI=1S/C11H15N3OS/c1-7-4-5-15-10(7)6-12-8(2)11-14-13-9(3)16-11/h4-5,8,12H,6H2,1-3H3. The monoisotopic (exact) mass is 237 g/mol. The third-order valence-electron chi connectivity index (χ3n) is 2.45. The molecule has 0 fully saturated rings. The quantitative estimate of drug-likeness (QED) is 0.888. The van der Waals surface area contributed by atoms with Crippen molar-refractivity contribution >= 4 is 11.3 Å². The van der Waals surface area contributed by atoms with Crippen LogP contribution in [-0.2, 0) is 6.54 Å². The fourth-order valence-electron chi connectivity index (χ4n) is 1.41. The van der Waals surface area contributed by atoms with Crippen molar-refractivity contribution in [2.24, 2.45) is 0 Å². The van der Waals surface area contributed by atoms with Crippen molar-refractivity contribution in [3.05, 3.63) is 33.7 Å². The van der Waals surface area contributed by atoms with Crippen LogP contribution in [0.15, 0.2) is 16.7 Å². The zero-order valence-corrected chi connectivity index (χ0v) is 10.5. The number of rotatable bonds is 4. The minimum absolute atomic E-state index is 0.204. The van der Waals surface area contributed by atoms with Crippen molar-refractivity contribution in [3.8, 4) is 0 Å². The van der Waals surface area contributed by atoms with E-state index in [1.54, 1.807) is 17.6 Å². The Hall–Kier alpha value is -1.20. The topological polar surface area (TPSA) is 51.0 Å². The Morgan fingerprint density at radius 3 is 2.81 bits per heavy atom. The normalized spacial score (nSPS) is 12.9. The van der Waals surface area contributed by atoms with E-state index in [4.69, 9.17) is 4.42 Å². The van der Waals surface area contributed by atoms with Crippen LogP contribution in [0.1, 0.15) is 34.3 Å². The van der Waals surface area contributed by atoms with Crippen molar-refractivity contribution in [1.29, 1.82) is 0 Å². The predicted octanol–water partition coefficient (Wildman–Crippen LogP) is 2.60. The average Bonchev–Trinajstić information content (AvgIpc) is 2.84. The summed E-state index contributed by atoms with van der Waals surface area (Å²) >= 11 is 1.62. The molecule has 1 unspecified atom stereocenters. The van der Waals surface area contributed by atoms with Gasteiger partial charge in [-0.05, 0) is 32.4 Å². The lowest BCUT2D eigenvalue weighted by Crippen LogP contribution is -2.18. The molecule has 5 heteroatoms. The van der Waals surface area contributed by atoms with Crippen molar-refractivity contribution in [3.63, 3.8) is 0 Å². The highest BCUT2D eigenvalue weighted by Crippen LogP contribution is 2.18. The SMILES string of the molecule is Cc1nnc(C(C)NCc2occc2C)s1. The maximum atomic E-state index is 5.36. The summed E-state index contributed by atoms with van der Waals surface area (Å²) in [4.78, 5) is 0. The molecule has 0 amide bonds. The first-order valence-corrected chi connectivity index (χ1v) is 6.05. The van der Waals surface area contributed by atoms with E-state index in [-0.39, 0.29) is 6.04 Å². The highest BCUT2D eigenvalue weighted by molar-refractivity contribution is 7.11. The van der Waals surface area contributed by atoms with Crippen molar-refractivity contribution in [2.45, 2.75) is 33.4 Å². The van der Waals surface area contributed by atoms with E-state index in [1.807, 2.05) is 19.9 Å². The van der Waals surface area contributed by atoms with Gasteiger partial charge in [0.2, 0.25) is 0 Å². The fourth-order valence-corrected chi connectivity index (χ4v) is 2.13. The number of aryl methyl sites for hydroxylation is 2. The summed E-state index contributed by atoms with van der Waals surface area (Å²) in [5.41, 5.74) is 1.17.